The molecule has 0 aromatic carbocycles. The number of aromatic amines is 1. The Morgan fingerprint density at radius 1 is 1.03 bits per heavy atom. The number of halogens is 1. The van der Waals surface area contributed by atoms with Crippen LogP contribution in [0.1, 0.15) is 76.4 Å². The third-order valence-corrected chi connectivity index (χ3v) is 2.76. The summed E-state index contributed by atoms with van der Waals surface area (Å²) < 4.78 is 11.6. The Morgan fingerprint density at radius 3 is 1.93 bits per heavy atom. The van der Waals surface area contributed by atoms with E-state index in [-0.39, 0.29) is 17.5 Å². The second kappa shape index (κ2) is 12.4. The molecule has 29 heavy (non-hydrogen) atoms. The minimum Gasteiger partial charge on any atom is -0.461 e. The van der Waals surface area contributed by atoms with Gasteiger partial charge in [-0.3, -0.25) is 9.78 Å². The summed E-state index contributed by atoms with van der Waals surface area (Å²) in [5.41, 5.74) is 0.647. The van der Waals surface area contributed by atoms with Gasteiger partial charge in [0.1, 0.15) is 5.69 Å². The van der Waals surface area contributed by atoms with Crippen molar-refractivity contribution >= 4 is 27.9 Å². The van der Waals surface area contributed by atoms with Gasteiger partial charge in [-0.05, 0) is 46.8 Å². The summed E-state index contributed by atoms with van der Waals surface area (Å²) in [5, 5.41) is 10.2. The van der Waals surface area contributed by atoms with E-state index in [1.165, 1.54) is 6.20 Å². The number of esters is 2. The number of nitrogens with one attached hydrogen (secondary N) is 1. The predicted molar refractivity (Wildman–Crippen MR) is 116 cm³/mol. The fraction of sp³-hybridized carbons (Fsp3) is 0.600. The molecule has 2 aromatic rings. The third kappa shape index (κ3) is 12.8. The Labute approximate surface area is 181 Å². The van der Waals surface area contributed by atoms with Crippen LogP contribution < -0.4 is 0 Å². The summed E-state index contributed by atoms with van der Waals surface area (Å²) in [4.78, 5) is 22.1. The lowest BCUT2D eigenvalue weighted by Gasteiger charge is -2.18. The van der Waals surface area contributed by atoms with Crippen molar-refractivity contribution in [3.63, 3.8) is 0 Å². The zero-order valence-corrected chi connectivity index (χ0v) is 20.2. The summed E-state index contributed by atoms with van der Waals surface area (Å²) in [6, 6.07) is 3.24. The highest BCUT2D eigenvalue weighted by Crippen LogP contribution is 2.13. The van der Waals surface area contributed by atoms with Gasteiger partial charge in [-0.1, -0.05) is 36.7 Å². The molecule has 8 nitrogen and oxygen atoms in total. The first-order chi connectivity index (χ1) is 13.3. The van der Waals surface area contributed by atoms with Crippen molar-refractivity contribution in [1.82, 2.24) is 20.0 Å². The van der Waals surface area contributed by atoms with Crippen LogP contribution >= 0.6 is 15.9 Å². The van der Waals surface area contributed by atoms with Crippen molar-refractivity contribution in [1.29, 1.82) is 0 Å². The molecule has 1 N–H and O–H groups in total. The molecule has 0 saturated heterocycles. The molecule has 0 aliphatic carbocycles. The van der Waals surface area contributed by atoms with Gasteiger partial charge in [-0.15, -0.1) is 0 Å². The SMILES string of the molecule is CC(C)(C)Br.CCOC(=O)c1ccn(C(C)(C)C)n1.CCOC(=O)c1ccn[nH]1. The van der Waals surface area contributed by atoms with Crippen LogP contribution in [0.3, 0.4) is 0 Å². The molecule has 0 bridgehead atoms. The summed E-state index contributed by atoms with van der Waals surface area (Å²) in [5.74, 6) is -0.726. The molecule has 0 unspecified atom stereocenters. The lowest BCUT2D eigenvalue weighted by molar-refractivity contribution is 0.0509. The molecule has 0 amide bonds. The monoisotopic (exact) mass is 472 g/mol. The van der Waals surface area contributed by atoms with E-state index < -0.39 is 0 Å². The topological polar surface area (TPSA) is 99.1 Å². The number of carbonyl (C=O) groups excluding carboxylic acids is 2. The first kappa shape index (κ1) is 26.8. The van der Waals surface area contributed by atoms with E-state index in [1.807, 2.05) is 20.8 Å². The Hall–Kier alpha value is -2.16. The summed E-state index contributed by atoms with van der Waals surface area (Å²) in [7, 11) is 0. The molecule has 0 saturated carbocycles. The third-order valence-electron chi connectivity index (χ3n) is 2.76. The van der Waals surface area contributed by atoms with E-state index in [9.17, 15) is 9.59 Å². The summed E-state index contributed by atoms with van der Waals surface area (Å²) in [6.45, 7) is 16.7. The second-order valence-corrected chi connectivity index (χ2v) is 10.2. The van der Waals surface area contributed by atoms with Crippen LogP contribution in [0.25, 0.3) is 0 Å². The fourth-order valence-corrected chi connectivity index (χ4v) is 1.59. The molecule has 0 aliphatic heterocycles. The number of rotatable bonds is 4. The molecule has 0 radical (unpaired) electrons. The highest BCUT2D eigenvalue weighted by Gasteiger charge is 2.17. The maximum Gasteiger partial charge on any atom is 0.358 e. The van der Waals surface area contributed by atoms with E-state index in [2.05, 4.69) is 56.7 Å². The smallest absolute Gasteiger partial charge is 0.358 e. The number of ether oxygens (including phenoxy) is 2. The van der Waals surface area contributed by atoms with Crippen LogP contribution in [0, 0.1) is 0 Å². The van der Waals surface area contributed by atoms with Gasteiger partial charge in [0.05, 0.1) is 18.8 Å². The van der Waals surface area contributed by atoms with Crippen molar-refractivity contribution < 1.29 is 19.1 Å². The molecule has 2 heterocycles. The Kier molecular flexibility index (Phi) is 11.5. The highest BCUT2D eigenvalue weighted by atomic mass is 79.9. The predicted octanol–water partition coefficient (Wildman–Crippen LogP) is 4.58. The number of aromatic nitrogens is 4. The first-order valence-electron chi connectivity index (χ1n) is 9.38. The zero-order chi connectivity index (χ0) is 22.7. The number of carbonyl (C=O) groups is 2. The number of H-pyrrole nitrogens is 1. The van der Waals surface area contributed by atoms with E-state index in [0.29, 0.717) is 28.9 Å². The standard InChI is InChI=1S/C10H16N2O2.C6H8N2O2.C4H9Br/c1-5-14-9(13)8-6-7-12(11-8)10(2,3)4;1-2-10-6(9)5-3-4-7-8-5;1-4(2,3)5/h6-7H,5H2,1-4H3;3-4H,2H2,1H3,(H,7,8);1-3H3. The molecule has 9 heteroatoms. The minimum atomic E-state index is -0.365. The molecule has 0 atom stereocenters. The highest BCUT2D eigenvalue weighted by molar-refractivity contribution is 9.10. The Balaban J connectivity index is 0.000000455. The lowest BCUT2D eigenvalue weighted by Crippen LogP contribution is -2.22. The van der Waals surface area contributed by atoms with Crippen LogP contribution in [0.2, 0.25) is 0 Å². The van der Waals surface area contributed by atoms with Crippen LogP contribution in [-0.4, -0.2) is 49.5 Å². The molecule has 164 valence electrons. The van der Waals surface area contributed by atoms with Crippen molar-refractivity contribution in [2.75, 3.05) is 13.2 Å². The van der Waals surface area contributed by atoms with Gasteiger partial charge >= 0.3 is 11.9 Å². The van der Waals surface area contributed by atoms with E-state index in [1.54, 1.807) is 36.9 Å². The van der Waals surface area contributed by atoms with E-state index in [4.69, 9.17) is 4.74 Å². The van der Waals surface area contributed by atoms with Gasteiger partial charge < -0.3 is 9.47 Å². The number of hydrogen-bond acceptors (Lipinski definition) is 6. The van der Waals surface area contributed by atoms with Gasteiger partial charge in [-0.2, -0.15) is 10.2 Å². The quantitative estimate of drug-likeness (QED) is 0.516. The normalized spacial score (nSPS) is 10.8. The summed E-state index contributed by atoms with van der Waals surface area (Å²) in [6.07, 6.45) is 3.29. The van der Waals surface area contributed by atoms with Crippen molar-refractivity contribution in [3.05, 3.63) is 35.9 Å². The van der Waals surface area contributed by atoms with Crippen LogP contribution in [0.4, 0.5) is 0 Å². The number of hydrogen-bond donors (Lipinski definition) is 1. The fourth-order valence-electron chi connectivity index (χ4n) is 1.59. The number of nitrogens with zero attached hydrogens (tertiary/aromatic N) is 3. The average molecular weight is 473 g/mol. The maximum atomic E-state index is 11.3. The average Bonchev–Trinajstić information content (AvgIpc) is 3.26. The molecule has 2 rings (SSSR count). The van der Waals surface area contributed by atoms with Gasteiger partial charge in [0.15, 0.2) is 5.69 Å². The summed E-state index contributed by atoms with van der Waals surface area (Å²) >= 11 is 3.38. The second-order valence-electron chi connectivity index (χ2n) is 7.79. The molecular formula is C20H33BrN4O4. The van der Waals surface area contributed by atoms with E-state index in [0.717, 1.165) is 0 Å². The zero-order valence-electron chi connectivity index (χ0n) is 18.6. The largest absolute Gasteiger partial charge is 0.461 e. The molecule has 0 aliphatic rings. The maximum absolute atomic E-state index is 11.3. The van der Waals surface area contributed by atoms with Gasteiger partial charge in [0.2, 0.25) is 0 Å². The van der Waals surface area contributed by atoms with Crippen molar-refractivity contribution in [2.24, 2.45) is 0 Å². The van der Waals surface area contributed by atoms with Crippen molar-refractivity contribution in [2.45, 2.75) is 65.3 Å². The molecular weight excluding hydrogens is 440 g/mol. The first-order valence-corrected chi connectivity index (χ1v) is 10.2. The minimum absolute atomic E-state index is 0.106. The van der Waals surface area contributed by atoms with Crippen molar-refractivity contribution in [3.8, 4) is 0 Å². The Bertz CT molecular complexity index is 722. The molecule has 2 aromatic heterocycles. The van der Waals surface area contributed by atoms with E-state index >= 15 is 0 Å². The van der Waals surface area contributed by atoms with Crippen LogP contribution in [0.15, 0.2) is 24.5 Å². The lowest BCUT2D eigenvalue weighted by atomic mass is 10.1. The Morgan fingerprint density at radius 2 is 1.55 bits per heavy atom. The number of alkyl halides is 1. The van der Waals surface area contributed by atoms with Crippen LogP contribution in [0.5, 0.6) is 0 Å². The van der Waals surface area contributed by atoms with Gasteiger partial charge in [-0.25, -0.2) is 9.59 Å². The molecule has 0 spiro atoms. The van der Waals surface area contributed by atoms with Crippen LogP contribution in [-0.2, 0) is 15.0 Å². The van der Waals surface area contributed by atoms with Gasteiger partial charge in [0.25, 0.3) is 0 Å². The molecule has 0 fully saturated rings. The van der Waals surface area contributed by atoms with Gasteiger partial charge in [0, 0.05) is 16.7 Å².